The maximum Gasteiger partial charge on any atom is 0.314 e. The maximum absolute atomic E-state index is 11.4. The molecule has 0 radical (unpaired) electrons. The minimum atomic E-state index is -0.675. The molecule has 2 atom stereocenters. The molecular weight excluding hydrogens is 300 g/mol. The molecule has 1 aromatic rings. The Bertz CT molecular complexity index is 586. The van der Waals surface area contributed by atoms with Crippen LogP contribution >= 0.6 is 0 Å². The van der Waals surface area contributed by atoms with Gasteiger partial charge in [-0.1, -0.05) is 6.07 Å². The van der Waals surface area contributed by atoms with E-state index in [2.05, 4.69) is 4.90 Å². The molecule has 0 amide bonds. The first-order valence-electron chi connectivity index (χ1n) is 7.94. The highest BCUT2D eigenvalue weighted by atomic mass is 16.6. The summed E-state index contributed by atoms with van der Waals surface area (Å²) in [6, 6.07) is 3.34. The first kappa shape index (κ1) is 16.2. The number of fused-ring (bicyclic) bond motifs is 1. The van der Waals surface area contributed by atoms with E-state index in [1.54, 1.807) is 12.1 Å². The second-order valence-corrected chi connectivity index (χ2v) is 6.10. The molecule has 1 aliphatic heterocycles. The van der Waals surface area contributed by atoms with Gasteiger partial charge in [0.15, 0.2) is 5.75 Å². The van der Waals surface area contributed by atoms with Gasteiger partial charge in [-0.15, -0.1) is 0 Å². The Balaban J connectivity index is 1.83. The molecule has 2 aliphatic rings. The van der Waals surface area contributed by atoms with Gasteiger partial charge in [-0.3, -0.25) is 15.0 Å². The molecular formula is C16H22N2O5. The van der Waals surface area contributed by atoms with Gasteiger partial charge in [0.25, 0.3) is 0 Å². The number of morpholine rings is 1. The van der Waals surface area contributed by atoms with Crippen LogP contribution in [-0.2, 0) is 11.2 Å². The number of ether oxygens (including phenoxy) is 2. The Morgan fingerprint density at radius 2 is 2.17 bits per heavy atom. The summed E-state index contributed by atoms with van der Waals surface area (Å²) in [5.41, 5.74) is 1.27. The van der Waals surface area contributed by atoms with Crippen molar-refractivity contribution in [2.75, 3.05) is 40.0 Å². The zero-order valence-corrected chi connectivity index (χ0v) is 13.2. The SMILES string of the molecule is COc1ccc2c(c1[N+](=O)[O-])CCC(CN1CCOCC1)C2O. The van der Waals surface area contributed by atoms with E-state index >= 15 is 0 Å². The highest BCUT2D eigenvalue weighted by Gasteiger charge is 2.35. The molecule has 1 saturated heterocycles. The smallest absolute Gasteiger partial charge is 0.314 e. The van der Waals surface area contributed by atoms with Gasteiger partial charge in [-0.05, 0) is 24.5 Å². The third-order valence-electron chi connectivity index (χ3n) is 4.81. The van der Waals surface area contributed by atoms with E-state index in [1.165, 1.54) is 7.11 Å². The van der Waals surface area contributed by atoms with E-state index < -0.39 is 11.0 Å². The van der Waals surface area contributed by atoms with E-state index in [9.17, 15) is 15.2 Å². The zero-order chi connectivity index (χ0) is 16.4. The Morgan fingerprint density at radius 1 is 1.43 bits per heavy atom. The van der Waals surface area contributed by atoms with Crippen LogP contribution in [0.3, 0.4) is 0 Å². The number of aliphatic hydroxyl groups is 1. The summed E-state index contributed by atoms with van der Waals surface area (Å²) in [6.45, 7) is 3.99. The normalized spacial score (nSPS) is 25.0. The second-order valence-electron chi connectivity index (χ2n) is 6.10. The lowest BCUT2D eigenvalue weighted by Gasteiger charge is -2.35. The third kappa shape index (κ3) is 3.17. The molecule has 0 bridgehead atoms. The Labute approximate surface area is 135 Å². The minimum absolute atomic E-state index is 0.00567. The second kappa shape index (κ2) is 6.82. The van der Waals surface area contributed by atoms with E-state index in [-0.39, 0.29) is 17.4 Å². The molecule has 0 saturated carbocycles. The van der Waals surface area contributed by atoms with Gasteiger partial charge < -0.3 is 14.6 Å². The summed E-state index contributed by atoms with van der Waals surface area (Å²) < 4.78 is 10.5. The van der Waals surface area contributed by atoms with Crippen molar-refractivity contribution < 1.29 is 19.5 Å². The minimum Gasteiger partial charge on any atom is -0.490 e. The third-order valence-corrected chi connectivity index (χ3v) is 4.81. The largest absolute Gasteiger partial charge is 0.490 e. The fraction of sp³-hybridized carbons (Fsp3) is 0.625. The van der Waals surface area contributed by atoms with Crippen molar-refractivity contribution in [1.29, 1.82) is 0 Å². The summed E-state index contributed by atoms with van der Waals surface area (Å²) >= 11 is 0. The van der Waals surface area contributed by atoms with Crippen LogP contribution in [0.2, 0.25) is 0 Å². The van der Waals surface area contributed by atoms with Gasteiger partial charge in [0.1, 0.15) is 0 Å². The highest BCUT2D eigenvalue weighted by Crippen LogP contribution is 2.43. The Kier molecular flexibility index (Phi) is 4.79. The van der Waals surface area contributed by atoms with Gasteiger partial charge in [-0.2, -0.15) is 0 Å². The van der Waals surface area contributed by atoms with Gasteiger partial charge in [-0.25, -0.2) is 0 Å². The molecule has 1 heterocycles. The maximum atomic E-state index is 11.4. The van der Waals surface area contributed by atoms with Crippen molar-refractivity contribution in [3.8, 4) is 5.75 Å². The monoisotopic (exact) mass is 322 g/mol. The summed E-state index contributed by atoms with van der Waals surface area (Å²) in [6.07, 6.45) is 0.653. The fourth-order valence-corrected chi connectivity index (χ4v) is 3.58. The summed E-state index contributed by atoms with van der Waals surface area (Å²) in [4.78, 5) is 13.3. The molecule has 1 N–H and O–H groups in total. The van der Waals surface area contributed by atoms with E-state index in [4.69, 9.17) is 9.47 Å². The van der Waals surface area contributed by atoms with E-state index in [1.807, 2.05) is 0 Å². The molecule has 7 nitrogen and oxygen atoms in total. The predicted octanol–water partition coefficient (Wildman–Crippen LogP) is 1.53. The molecule has 2 unspecified atom stereocenters. The number of aliphatic hydroxyl groups excluding tert-OH is 1. The topological polar surface area (TPSA) is 85.1 Å². The Morgan fingerprint density at radius 3 is 2.83 bits per heavy atom. The van der Waals surface area contributed by atoms with Gasteiger partial charge >= 0.3 is 5.69 Å². The number of methoxy groups -OCH3 is 1. The quantitative estimate of drug-likeness (QED) is 0.668. The van der Waals surface area contributed by atoms with Crippen LogP contribution < -0.4 is 4.74 Å². The zero-order valence-electron chi connectivity index (χ0n) is 13.2. The molecule has 126 valence electrons. The number of hydrogen-bond donors (Lipinski definition) is 1. The highest BCUT2D eigenvalue weighted by molar-refractivity contribution is 5.57. The average Bonchev–Trinajstić information content (AvgIpc) is 2.57. The van der Waals surface area contributed by atoms with Crippen LogP contribution in [0.1, 0.15) is 23.7 Å². The lowest BCUT2D eigenvalue weighted by molar-refractivity contribution is -0.386. The Hall–Kier alpha value is -1.70. The molecule has 23 heavy (non-hydrogen) atoms. The van der Waals surface area contributed by atoms with Crippen molar-refractivity contribution in [2.45, 2.75) is 18.9 Å². The summed E-state index contributed by atoms with van der Waals surface area (Å²) in [7, 11) is 1.43. The van der Waals surface area contributed by atoms with Gasteiger partial charge in [0.2, 0.25) is 0 Å². The lowest BCUT2D eigenvalue weighted by atomic mass is 9.80. The standard InChI is InChI=1S/C16H22N2O5/c1-22-14-5-4-13-12(15(14)18(20)21)3-2-11(16(13)19)10-17-6-8-23-9-7-17/h4-5,11,16,19H,2-3,6-10H2,1H3. The molecule has 3 rings (SSSR count). The van der Waals surface area contributed by atoms with Crippen LogP contribution in [-0.4, -0.2) is 54.9 Å². The average molecular weight is 322 g/mol. The first-order valence-corrected chi connectivity index (χ1v) is 7.94. The van der Waals surface area contributed by atoms with Crippen LogP contribution in [0.4, 0.5) is 5.69 Å². The van der Waals surface area contributed by atoms with E-state index in [0.717, 1.165) is 39.3 Å². The van der Waals surface area contributed by atoms with Crippen molar-refractivity contribution >= 4 is 5.69 Å². The molecule has 1 aromatic carbocycles. The number of nitro benzene ring substituents is 1. The van der Waals surface area contributed by atoms with Gasteiger partial charge in [0, 0.05) is 31.1 Å². The molecule has 0 spiro atoms. The van der Waals surface area contributed by atoms with Gasteiger partial charge in [0.05, 0.1) is 31.4 Å². The summed E-state index contributed by atoms with van der Waals surface area (Å²) in [5, 5.41) is 22.1. The number of benzene rings is 1. The van der Waals surface area contributed by atoms with Crippen molar-refractivity contribution in [2.24, 2.45) is 5.92 Å². The van der Waals surface area contributed by atoms with Crippen LogP contribution in [0.15, 0.2) is 12.1 Å². The van der Waals surface area contributed by atoms with Crippen LogP contribution in [0.25, 0.3) is 0 Å². The summed E-state index contributed by atoms with van der Waals surface area (Å²) in [5.74, 6) is 0.348. The molecule has 0 aromatic heterocycles. The molecule has 1 aliphatic carbocycles. The molecule has 7 heteroatoms. The van der Waals surface area contributed by atoms with Crippen LogP contribution in [0.5, 0.6) is 5.75 Å². The van der Waals surface area contributed by atoms with Crippen LogP contribution in [0, 0.1) is 16.0 Å². The number of nitrogens with zero attached hydrogens (tertiary/aromatic N) is 2. The first-order chi connectivity index (χ1) is 11.1. The van der Waals surface area contributed by atoms with Crippen molar-refractivity contribution in [3.63, 3.8) is 0 Å². The fourth-order valence-electron chi connectivity index (χ4n) is 3.58. The van der Waals surface area contributed by atoms with Crippen molar-refractivity contribution in [3.05, 3.63) is 33.4 Å². The number of nitro groups is 1. The molecule has 1 fully saturated rings. The number of rotatable bonds is 4. The lowest BCUT2D eigenvalue weighted by Crippen LogP contribution is -2.41. The van der Waals surface area contributed by atoms with Crippen molar-refractivity contribution in [1.82, 2.24) is 4.90 Å². The number of hydrogen-bond acceptors (Lipinski definition) is 6. The predicted molar refractivity (Wildman–Crippen MR) is 83.7 cm³/mol. The van der Waals surface area contributed by atoms with E-state index in [0.29, 0.717) is 17.5 Å².